The Morgan fingerprint density at radius 1 is 0.778 bits per heavy atom. The van der Waals surface area contributed by atoms with Crippen LogP contribution >= 0.6 is 24.8 Å². The van der Waals surface area contributed by atoms with Crippen LogP contribution in [0.2, 0.25) is 0 Å². The van der Waals surface area contributed by atoms with E-state index in [-0.39, 0.29) is 30.7 Å². The summed E-state index contributed by atoms with van der Waals surface area (Å²) in [5.41, 5.74) is 14.8. The molecule has 1 atom stereocenters. The van der Waals surface area contributed by atoms with Crippen LogP contribution in [0.5, 0.6) is 0 Å². The summed E-state index contributed by atoms with van der Waals surface area (Å²) in [6.45, 7) is 0.605. The maximum atomic E-state index is 5.84. The molecular formula is C14H18Cl2N2. The molecule has 18 heavy (non-hydrogen) atoms. The van der Waals surface area contributed by atoms with Gasteiger partial charge >= 0.3 is 0 Å². The van der Waals surface area contributed by atoms with Gasteiger partial charge in [-0.05, 0) is 23.3 Å². The van der Waals surface area contributed by atoms with Gasteiger partial charge in [-0.1, -0.05) is 42.5 Å². The molecule has 4 heteroatoms. The number of nitrogens with two attached hydrogens (primary N) is 2. The molecule has 2 rings (SSSR count). The van der Waals surface area contributed by atoms with Crippen molar-refractivity contribution in [2.45, 2.75) is 5.92 Å². The van der Waals surface area contributed by atoms with Crippen LogP contribution in [0.1, 0.15) is 17.0 Å². The maximum Gasteiger partial charge on any atom is 0.0314 e. The Kier molecular flexibility index (Phi) is 7.44. The molecule has 0 fully saturated rings. The van der Waals surface area contributed by atoms with Gasteiger partial charge in [-0.3, -0.25) is 0 Å². The van der Waals surface area contributed by atoms with Crippen molar-refractivity contribution in [2.24, 2.45) is 5.73 Å². The van der Waals surface area contributed by atoms with Crippen LogP contribution in [0.3, 0.4) is 0 Å². The second-order valence-electron chi connectivity index (χ2n) is 3.87. The topological polar surface area (TPSA) is 52.0 Å². The first-order valence-electron chi connectivity index (χ1n) is 5.41. The van der Waals surface area contributed by atoms with Crippen LogP contribution < -0.4 is 11.5 Å². The molecule has 0 bridgehead atoms. The molecule has 2 aromatic rings. The summed E-state index contributed by atoms with van der Waals surface area (Å²) in [5, 5.41) is 0. The van der Waals surface area contributed by atoms with Crippen LogP contribution in [0.15, 0.2) is 54.6 Å². The average Bonchev–Trinajstić information content (AvgIpc) is 2.34. The second-order valence-corrected chi connectivity index (χ2v) is 3.87. The Morgan fingerprint density at radius 2 is 1.28 bits per heavy atom. The largest absolute Gasteiger partial charge is 0.399 e. The number of halogens is 2. The summed E-state index contributed by atoms with van der Waals surface area (Å²) in [6, 6.07) is 18.2. The van der Waals surface area contributed by atoms with Crippen molar-refractivity contribution < 1.29 is 0 Å². The molecule has 0 saturated carbocycles. The van der Waals surface area contributed by atoms with Gasteiger partial charge in [0.25, 0.3) is 0 Å². The summed E-state index contributed by atoms with van der Waals surface area (Å²) < 4.78 is 0. The Hall–Kier alpha value is -1.22. The molecule has 0 amide bonds. The first-order valence-corrected chi connectivity index (χ1v) is 5.41. The molecule has 1 unspecified atom stereocenters. The van der Waals surface area contributed by atoms with Gasteiger partial charge in [0.05, 0.1) is 0 Å². The van der Waals surface area contributed by atoms with Crippen molar-refractivity contribution in [3.05, 3.63) is 65.7 Å². The smallest absolute Gasteiger partial charge is 0.0314 e. The molecule has 0 aliphatic carbocycles. The van der Waals surface area contributed by atoms with Gasteiger partial charge in [0, 0.05) is 18.2 Å². The first-order chi connectivity index (χ1) is 7.81. The monoisotopic (exact) mass is 284 g/mol. The van der Waals surface area contributed by atoms with Crippen molar-refractivity contribution in [3.63, 3.8) is 0 Å². The van der Waals surface area contributed by atoms with Gasteiger partial charge in [0.2, 0.25) is 0 Å². The highest BCUT2D eigenvalue weighted by molar-refractivity contribution is 5.85. The predicted molar refractivity (Wildman–Crippen MR) is 82.7 cm³/mol. The van der Waals surface area contributed by atoms with Gasteiger partial charge in [-0.2, -0.15) is 0 Å². The lowest BCUT2D eigenvalue weighted by Crippen LogP contribution is -2.13. The second kappa shape index (κ2) is 7.98. The minimum Gasteiger partial charge on any atom is -0.399 e. The van der Waals surface area contributed by atoms with E-state index in [0.29, 0.717) is 6.54 Å². The summed E-state index contributed by atoms with van der Waals surface area (Å²) in [4.78, 5) is 0. The molecule has 98 valence electrons. The van der Waals surface area contributed by atoms with Crippen molar-refractivity contribution >= 4 is 30.5 Å². The standard InChI is InChI=1S/C14H16N2.2ClH/c15-10-14(11-4-2-1-3-5-11)12-6-8-13(16)9-7-12;;/h1-9,14H,10,15-16H2;2*1H. The fourth-order valence-corrected chi connectivity index (χ4v) is 1.88. The third-order valence-electron chi connectivity index (χ3n) is 2.78. The number of rotatable bonds is 3. The number of anilines is 1. The van der Waals surface area contributed by atoms with Gasteiger partial charge < -0.3 is 11.5 Å². The van der Waals surface area contributed by atoms with E-state index in [2.05, 4.69) is 12.1 Å². The van der Waals surface area contributed by atoms with E-state index >= 15 is 0 Å². The number of hydrogen-bond donors (Lipinski definition) is 2. The molecule has 4 N–H and O–H groups in total. The molecule has 0 spiro atoms. The molecule has 0 heterocycles. The number of benzene rings is 2. The molecule has 0 aliphatic heterocycles. The summed E-state index contributed by atoms with van der Waals surface area (Å²) >= 11 is 0. The minimum absolute atomic E-state index is 0. The lowest BCUT2D eigenvalue weighted by molar-refractivity contribution is 0.819. The van der Waals surface area contributed by atoms with E-state index in [1.54, 1.807) is 0 Å². The summed E-state index contributed by atoms with van der Waals surface area (Å²) in [6.07, 6.45) is 0. The van der Waals surface area contributed by atoms with Crippen molar-refractivity contribution in [2.75, 3.05) is 12.3 Å². The van der Waals surface area contributed by atoms with Crippen molar-refractivity contribution in [1.29, 1.82) is 0 Å². The zero-order valence-corrected chi connectivity index (χ0v) is 11.6. The van der Waals surface area contributed by atoms with Crippen LogP contribution in [-0.2, 0) is 0 Å². The Balaban J connectivity index is 0.00000144. The lowest BCUT2D eigenvalue weighted by Gasteiger charge is -2.15. The van der Waals surface area contributed by atoms with E-state index < -0.39 is 0 Å². The molecule has 0 saturated heterocycles. The molecular weight excluding hydrogens is 267 g/mol. The maximum absolute atomic E-state index is 5.84. The highest BCUT2D eigenvalue weighted by Crippen LogP contribution is 2.23. The van der Waals surface area contributed by atoms with Crippen LogP contribution in [-0.4, -0.2) is 6.54 Å². The van der Waals surface area contributed by atoms with E-state index in [4.69, 9.17) is 11.5 Å². The lowest BCUT2D eigenvalue weighted by atomic mass is 9.91. The van der Waals surface area contributed by atoms with Gasteiger partial charge in [-0.25, -0.2) is 0 Å². The Labute approximate surface area is 120 Å². The quantitative estimate of drug-likeness (QED) is 0.851. The van der Waals surface area contributed by atoms with Crippen molar-refractivity contribution in [1.82, 2.24) is 0 Å². The van der Waals surface area contributed by atoms with E-state index in [1.807, 2.05) is 42.5 Å². The molecule has 2 nitrogen and oxygen atoms in total. The number of nitrogen functional groups attached to an aromatic ring is 1. The van der Waals surface area contributed by atoms with Crippen LogP contribution in [0.25, 0.3) is 0 Å². The molecule has 0 aliphatic rings. The SMILES string of the molecule is Cl.Cl.NCC(c1ccccc1)c1ccc(N)cc1. The normalized spacial score (nSPS) is 10.9. The predicted octanol–water partition coefficient (Wildman–Crippen LogP) is 3.20. The minimum atomic E-state index is 0. The summed E-state index contributed by atoms with van der Waals surface area (Å²) in [7, 11) is 0. The highest BCUT2D eigenvalue weighted by atomic mass is 35.5. The number of hydrogen-bond acceptors (Lipinski definition) is 2. The van der Waals surface area contributed by atoms with E-state index in [0.717, 1.165) is 5.69 Å². The molecule has 2 aromatic carbocycles. The van der Waals surface area contributed by atoms with Gasteiger partial charge in [0.15, 0.2) is 0 Å². The van der Waals surface area contributed by atoms with Crippen LogP contribution in [0.4, 0.5) is 5.69 Å². The van der Waals surface area contributed by atoms with Gasteiger partial charge in [-0.15, -0.1) is 24.8 Å². The fourth-order valence-electron chi connectivity index (χ4n) is 1.88. The molecule has 0 radical (unpaired) electrons. The third-order valence-corrected chi connectivity index (χ3v) is 2.78. The average molecular weight is 285 g/mol. The van der Waals surface area contributed by atoms with Crippen LogP contribution in [0, 0.1) is 0 Å². The van der Waals surface area contributed by atoms with E-state index in [1.165, 1.54) is 11.1 Å². The molecule has 0 aromatic heterocycles. The first kappa shape index (κ1) is 16.8. The van der Waals surface area contributed by atoms with Crippen molar-refractivity contribution in [3.8, 4) is 0 Å². The van der Waals surface area contributed by atoms with Gasteiger partial charge in [0.1, 0.15) is 0 Å². The fraction of sp³-hybridized carbons (Fsp3) is 0.143. The highest BCUT2D eigenvalue weighted by Gasteiger charge is 2.11. The van der Waals surface area contributed by atoms with E-state index in [9.17, 15) is 0 Å². The zero-order valence-electron chi connectivity index (χ0n) is 9.95. The summed E-state index contributed by atoms with van der Waals surface area (Å²) in [5.74, 6) is 0.252. The Morgan fingerprint density at radius 3 is 1.78 bits per heavy atom. The zero-order chi connectivity index (χ0) is 11.4. The Bertz CT molecular complexity index is 443. The third kappa shape index (κ3) is 3.91.